The van der Waals surface area contributed by atoms with Gasteiger partial charge < -0.3 is 19.1 Å². The van der Waals surface area contributed by atoms with Crippen molar-refractivity contribution in [1.82, 2.24) is 9.80 Å². The van der Waals surface area contributed by atoms with Gasteiger partial charge in [0.1, 0.15) is 24.7 Å². The van der Waals surface area contributed by atoms with Gasteiger partial charge in [0.2, 0.25) is 5.76 Å². The number of ether oxygens (including phenoxy) is 3. The van der Waals surface area contributed by atoms with Crippen LogP contribution in [0, 0.1) is 5.41 Å². The Morgan fingerprint density at radius 2 is 2.04 bits per heavy atom. The van der Waals surface area contributed by atoms with E-state index in [9.17, 15) is 4.79 Å². The summed E-state index contributed by atoms with van der Waals surface area (Å²) in [6, 6.07) is 8.30. The van der Waals surface area contributed by atoms with Crippen molar-refractivity contribution in [2.75, 3.05) is 46.5 Å². The molecule has 0 bridgehead atoms. The number of benzene rings is 1. The third-order valence-corrected chi connectivity index (χ3v) is 6.17. The van der Waals surface area contributed by atoms with Crippen LogP contribution in [0.2, 0.25) is 0 Å². The molecule has 3 heterocycles. The molecule has 152 valence electrons. The molecule has 2 fully saturated rings. The molecule has 6 nitrogen and oxygen atoms in total. The summed E-state index contributed by atoms with van der Waals surface area (Å²) in [4.78, 5) is 17.4. The number of carbonyl (C=O) groups is 1. The van der Waals surface area contributed by atoms with Gasteiger partial charge in [0.25, 0.3) is 5.91 Å². The first kappa shape index (κ1) is 19.1. The topological polar surface area (TPSA) is 51.2 Å². The Morgan fingerprint density at radius 1 is 1.18 bits per heavy atom. The summed E-state index contributed by atoms with van der Waals surface area (Å²) in [5.41, 5.74) is 1.47. The third-order valence-electron chi connectivity index (χ3n) is 6.17. The number of hydrogen-bond donors (Lipinski definition) is 0. The number of carbonyl (C=O) groups excluding carboxylic acids is 1. The van der Waals surface area contributed by atoms with Crippen LogP contribution in [0.15, 0.2) is 35.8 Å². The molecule has 1 atom stereocenters. The highest BCUT2D eigenvalue weighted by atomic mass is 16.6. The minimum absolute atomic E-state index is 0.0148. The lowest BCUT2D eigenvalue weighted by atomic mass is 9.79. The van der Waals surface area contributed by atoms with Crippen molar-refractivity contribution >= 4 is 5.91 Å². The van der Waals surface area contributed by atoms with Crippen molar-refractivity contribution in [1.29, 1.82) is 0 Å². The molecule has 0 aliphatic carbocycles. The molecular weight excluding hydrogens is 356 g/mol. The molecule has 3 aliphatic rings. The van der Waals surface area contributed by atoms with E-state index in [0.29, 0.717) is 24.7 Å². The fourth-order valence-electron chi connectivity index (χ4n) is 4.78. The molecule has 4 rings (SSSR count). The molecule has 6 heteroatoms. The number of piperidine rings is 1. The zero-order valence-corrected chi connectivity index (χ0v) is 16.9. The average Bonchev–Trinajstić information content (AvgIpc) is 3.11. The largest absolute Gasteiger partial charge is 0.497 e. The van der Waals surface area contributed by atoms with E-state index < -0.39 is 0 Å². The van der Waals surface area contributed by atoms with Crippen molar-refractivity contribution in [2.45, 2.75) is 32.7 Å². The van der Waals surface area contributed by atoms with E-state index in [1.54, 1.807) is 7.11 Å². The molecule has 1 spiro atoms. The van der Waals surface area contributed by atoms with Gasteiger partial charge in [-0.15, -0.1) is 0 Å². The van der Waals surface area contributed by atoms with Crippen LogP contribution in [0.5, 0.6) is 5.75 Å². The summed E-state index contributed by atoms with van der Waals surface area (Å²) >= 11 is 0. The number of hydrogen-bond acceptors (Lipinski definition) is 5. The van der Waals surface area contributed by atoms with Crippen LogP contribution >= 0.6 is 0 Å². The molecule has 0 saturated carbocycles. The number of likely N-dealkylation sites (tertiary alicyclic amines) is 2. The normalized spacial score (nSPS) is 25.6. The molecule has 0 aromatic heterocycles. The first-order valence-electron chi connectivity index (χ1n) is 10.2. The lowest BCUT2D eigenvalue weighted by Gasteiger charge is -2.40. The molecule has 0 N–H and O–H groups in total. The maximum Gasteiger partial charge on any atom is 0.292 e. The maximum absolute atomic E-state index is 12.9. The molecular formula is C22H30N2O4. The van der Waals surface area contributed by atoms with Crippen LogP contribution in [0.25, 0.3) is 0 Å². The standard InChI is InChI=1S/C22H30N2O4/c1-17-20(28-12-11-27-17)21(25)24-10-8-22(16-24)7-4-9-23(15-22)14-18-5-3-6-19(13-18)26-2/h3,5-6,13H,4,7-12,14-16H2,1-2H3. The van der Waals surface area contributed by atoms with Gasteiger partial charge in [-0.25, -0.2) is 0 Å². The summed E-state index contributed by atoms with van der Waals surface area (Å²) in [5, 5.41) is 0. The van der Waals surface area contributed by atoms with Crippen molar-refractivity contribution in [3.05, 3.63) is 41.3 Å². The van der Waals surface area contributed by atoms with Crippen LogP contribution in [-0.2, 0) is 20.8 Å². The Bertz CT molecular complexity index is 763. The van der Waals surface area contributed by atoms with Crippen molar-refractivity contribution in [3.8, 4) is 5.75 Å². The van der Waals surface area contributed by atoms with Crippen molar-refractivity contribution in [2.24, 2.45) is 5.41 Å². The highest BCUT2D eigenvalue weighted by molar-refractivity contribution is 5.92. The molecule has 1 aromatic carbocycles. The molecule has 2 saturated heterocycles. The zero-order valence-electron chi connectivity index (χ0n) is 16.9. The second-order valence-corrected chi connectivity index (χ2v) is 8.22. The molecule has 1 aromatic rings. The summed E-state index contributed by atoms with van der Waals surface area (Å²) in [6.45, 7) is 7.45. The minimum Gasteiger partial charge on any atom is -0.497 e. The molecule has 1 amide bonds. The lowest BCUT2D eigenvalue weighted by Crippen LogP contribution is -2.45. The SMILES string of the molecule is COc1cccc(CN2CCCC3(CCN(C(=O)C4=C(C)OCCO4)C3)C2)c1. The predicted octanol–water partition coefficient (Wildman–Crippen LogP) is 2.79. The van der Waals surface area contributed by atoms with Crippen LogP contribution < -0.4 is 4.74 Å². The second kappa shape index (κ2) is 8.03. The van der Waals surface area contributed by atoms with Gasteiger partial charge in [-0.2, -0.15) is 0 Å². The predicted molar refractivity (Wildman–Crippen MR) is 106 cm³/mol. The highest BCUT2D eigenvalue weighted by Gasteiger charge is 2.43. The monoisotopic (exact) mass is 386 g/mol. The smallest absolute Gasteiger partial charge is 0.292 e. The number of amides is 1. The Balaban J connectivity index is 1.40. The fraction of sp³-hybridized carbons (Fsp3) is 0.591. The van der Waals surface area contributed by atoms with Gasteiger partial charge in [-0.1, -0.05) is 12.1 Å². The Kier molecular flexibility index (Phi) is 5.49. The van der Waals surface area contributed by atoms with Gasteiger partial charge in [-0.3, -0.25) is 9.69 Å². The van der Waals surface area contributed by atoms with E-state index in [0.717, 1.165) is 44.9 Å². The maximum atomic E-state index is 12.9. The number of methoxy groups -OCH3 is 1. The molecule has 3 aliphatic heterocycles. The minimum atomic E-state index is -0.0148. The van der Waals surface area contributed by atoms with Crippen LogP contribution in [-0.4, -0.2) is 62.2 Å². The van der Waals surface area contributed by atoms with E-state index in [1.807, 2.05) is 24.0 Å². The van der Waals surface area contributed by atoms with Crippen LogP contribution in [0.3, 0.4) is 0 Å². The lowest BCUT2D eigenvalue weighted by molar-refractivity contribution is -0.132. The fourth-order valence-corrected chi connectivity index (χ4v) is 4.78. The van der Waals surface area contributed by atoms with Gasteiger partial charge >= 0.3 is 0 Å². The molecule has 0 radical (unpaired) electrons. The zero-order chi connectivity index (χ0) is 19.6. The molecule has 1 unspecified atom stereocenters. The Morgan fingerprint density at radius 3 is 2.86 bits per heavy atom. The second-order valence-electron chi connectivity index (χ2n) is 8.22. The number of allylic oxidation sites excluding steroid dienone is 1. The van der Waals surface area contributed by atoms with E-state index in [-0.39, 0.29) is 11.3 Å². The third kappa shape index (κ3) is 3.97. The van der Waals surface area contributed by atoms with Gasteiger partial charge in [-0.05, 0) is 50.4 Å². The quantitative estimate of drug-likeness (QED) is 0.797. The van der Waals surface area contributed by atoms with Crippen LogP contribution in [0.4, 0.5) is 0 Å². The van der Waals surface area contributed by atoms with E-state index in [2.05, 4.69) is 17.0 Å². The van der Waals surface area contributed by atoms with E-state index >= 15 is 0 Å². The molecule has 28 heavy (non-hydrogen) atoms. The van der Waals surface area contributed by atoms with E-state index in [4.69, 9.17) is 14.2 Å². The van der Waals surface area contributed by atoms with E-state index in [1.165, 1.54) is 18.4 Å². The Hall–Kier alpha value is -2.21. The van der Waals surface area contributed by atoms with Gasteiger partial charge in [0.05, 0.1) is 7.11 Å². The average molecular weight is 386 g/mol. The number of nitrogens with zero attached hydrogens (tertiary/aromatic N) is 2. The summed E-state index contributed by atoms with van der Waals surface area (Å²) in [5.74, 6) is 1.90. The first-order chi connectivity index (χ1) is 13.6. The number of rotatable bonds is 4. The first-order valence-corrected chi connectivity index (χ1v) is 10.2. The van der Waals surface area contributed by atoms with Crippen LogP contribution in [0.1, 0.15) is 31.7 Å². The summed E-state index contributed by atoms with van der Waals surface area (Å²) in [7, 11) is 1.71. The highest BCUT2D eigenvalue weighted by Crippen LogP contribution is 2.40. The van der Waals surface area contributed by atoms with Crippen molar-refractivity contribution < 1.29 is 19.0 Å². The summed E-state index contributed by atoms with van der Waals surface area (Å²) < 4.78 is 16.5. The van der Waals surface area contributed by atoms with Gasteiger partial charge in [0, 0.05) is 31.6 Å². The Labute approximate surface area is 167 Å². The summed E-state index contributed by atoms with van der Waals surface area (Å²) in [6.07, 6.45) is 3.41. The van der Waals surface area contributed by atoms with Gasteiger partial charge in [0.15, 0.2) is 0 Å². The van der Waals surface area contributed by atoms with Crippen molar-refractivity contribution in [3.63, 3.8) is 0 Å².